The van der Waals surface area contributed by atoms with E-state index in [1.54, 1.807) is 13.2 Å². The maximum atomic E-state index is 12.2. The van der Waals surface area contributed by atoms with Gasteiger partial charge in [0.25, 0.3) is 0 Å². The molecule has 5 nitrogen and oxygen atoms in total. The second kappa shape index (κ2) is 10.3. The van der Waals surface area contributed by atoms with Crippen molar-refractivity contribution in [1.29, 1.82) is 0 Å². The van der Waals surface area contributed by atoms with Crippen LogP contribution in [0.4, 0.5) is 5.69 Å². The Morgan fingerprint density at radius 3 is 2.91 bits per heavy atom. The van der Waals surface area contributed by atoms with E-state index in [1.165, 1.54) is 0 Å². The van der Waals surface area contributed by atoms with E-state index in [-0.39, 0.29) is 24.4 Å². The summed E-state index contributed by atoms with van der Waals surface area (Å²) in [5, 5.41) is 6.29. The summed E-state index contributed by atoms with van der Waals surface area (Å²) in [6, 6.07) is 5.78. The summed E-state index contributed by atoms with van der Waals surface area (Å²) in [6.07, 6.45) is 4.76. The van der Waals surface area contributed by atoms with Crippen molar-refractivity contribution >= 4 is 24.0 Å². The van der Waals surface area contributed by atoms with Gasteiger partial charge in [-0.2, -0.15) is 0 Å². The number of halogens is 1. The second-order valence-corrected chi connectivity index (χ2v) is 5.61. The van der Waals surface area contributed by atoms with Gasteiger partial charge in [0.2, 0.25) is 5.91 Å². The Balaban J connectivity index is 0.00000264. The Morgan fingerprint density at radius 2 is 2.26 bits per heavy atom. The lowest BCUT2D eigenvalue weighted by Crippen LogP contribution is -2.27. The third-order valence-corrected chi connectivity index (χ3v) is 3.81. The Kier molecular flexibility index (Phi) is 8.81. The van der Waals surface area contributed by atoms with Gasteiger partial charge in [0.05, 0.1) is 19.4 Å². The largest absolute Gasteiger partial charge is 0.497 e. The summed E-state index contributed by atoms with van der Waals surface area (Å²) in [4.78, 5) is 12.2. The van der Waals surface area contributed by atoms with Crippen molar-refractivity contribution in [1.82, 2.24) is 5.32 Å². The molecule has 1 aromatic carbocycles. The maximum Gasteiger partial charge on any atom is 0.226 e. The van der Waals surface area contributed by atoms with Gasteiger partial charge in [-0.25, -0.2) is 0 Å². The van der Waals surface area contributed by atoms with Crippen LogP contribution in [-0.2, 0) is 4.79 Å². The molecule has 1 saturated heterocycles. The number of benzene rings is 1. The minimum atomic E-state index is 0. The minimum absolute atomic E-state index is 0. The van der Waals surface area contributed by atoms with Crippen LogP contribution in [0.1, 0.15) is 39.0 Å². The number of nitrogens with one attached hydrogen (secondary N) is 2. The number of rotatable bonds is 8. The molecular formula is C17H27ClN2O3. The van der Waals surface area contributed by atoms with E-state index in [2.05, 4.69) is 17.6 Å². The second-order valence-electron chi connectivity index (χ2n) is 5.61. The van der Waals surface area contributed by atoms with Crippen LogP contribution in [0, 0.1) is 0 Å². The van der Waals surface area contributed by atoms with Crippen molar-refractivity contribution < 1.29 is 14.3 Å². The van der Waals surface area contributed by atoms with Crippen LogP contribution in [0.2, 0.25) is 0 Å². The van der Waals surface area contributed by atoms with Gasteiger partial charge in [-0.15, -0.1) is 12.4 Å². The topological polar surface area (TPSA) is 59.6 Å². The summed E-state index contributed by atoms with van der Waals surface area (Å²) in [5.74, 6) is 1.41. The van der Waals surface area contributed by atoms with Crippen LogP contribution < -0.4 is 20.1 Å². The average Bonchev–Trinajstić information content (AvgIpc) is 3.01. The number of hydrogen-bond donors (Lipinski definition) is 2. The van der Waals surface area contributed by atoms with E-state index >= 15 is 0 Å². The highest BCUT2D eigenvalue weighted by Crippen LogP contribution is 2.29. The highest BCUT2D eigenvalue weighted by atomic mass is 35.5. The van der Waals surface area contributed by atoms with Crippen molar-refractivity contribution in [2.75, 3.05) is 25.6 Å². The number of carbonyl (C=O) groups excluding carboxylic acids is 1. The fraction of sp³-hybridized carbons (Fsp3) is 0.588. The zero-order valence-corrected chi connectivity index (χ0v) is 14.7. The van der Waals surface area contributed by atoms with Crippen molar-refractivity contribution in [2.45, 2.75) is 45.1 Å². The lowest BCUT2D eigenvalue weighted by Gasteiger charge is -2.15. The maximum absolute atomic E-state index is 12.2. The first-order valence-electron chi connectivity index (χ1n) is 8.07. The van der Waals surface area contributed by atoms with E-state index < -0.39 is 0 Å². The molecule has 0 aliphatic carbocycles. The molecule has 130 valence electrons. The summed E-state index contributed by atoms with van der Waals surface area (Å²) in [6.45, 7) is 3.77. The number of methoxy groups -OCH3 is 1. The molecule has 1 aliphatic rings. The van der Waals surface area contributed by atoms with Crippen LogP contribution in [0.3, 0.4) is 0 Å². The summed E-state index contributed by atoms with van der Waals surface area (Å²) >= 11 is 0. The smallest absolute Gasteiger partial charge is 0.226 e. The quantitative estimate of drug-likeness (QED) is 0.711. The van der Waals surface area contributed by atoms with E-state index in [0.29, 0.717) is 30.2 Å². The zero-order valence-electron chi connectivity index (χ0n) is 13.9. The van der Waals surface area contributed by atoms with Crippen molar-refractivity contribution in [3.63, 3.8) is 0 Å². The Morgan fingerprint density at radius 1 is 1.43 bits per heavy atom. The third kappa shape index (κ3) is 6.28. The third-order valence-electron chi connectivity index (χ3n) is 3.81. The Hall–Kier alpha value is -1.46. The van der Waals surface area contributed by atoms with Crippen molar-refractivity contribution in [3.05, 3.63) is 18.2 Å². The number of unbranched alkanes of at least 4 members (excludes halogenated alkanes) is 1. The van der Waals surface area contributed by atoms with Gasteiger partial charge < -0.3 is 20.1 Å². The Labute approximate surface area is 144 Å². The first-order chi connectivity index (χ1) is 10.7. The molecule has 1 fully saturated rings. The van der Waals surface area contributed by atoms with E-state index in [9.17, 15) is 4.79 Å². The molecule has 1 atom stereocenters. The lowest BCUT2D eigenvalue weighted by molar-refractivity contribution is -0.116. The molecule has 0 spiro atoms. The van der Waals surface area contributed by atoms with Gasteiger partial charge in [0, 0.05) is 18.5 Å². The molecule has 2 rings (SSSR count). The first-order valence-corrected chi connectivity index (χ1v) is 8.07. The lowest BCUT2D eigenvalue weighted by atomic mass is 10.1. The molecular weight excluding hydrogens is 316 g/mol. The first kappa shape index (κ1) is 19.6. The van der Waals surface area contributed by atoms with Gasteiger partial charge in [0.1, 0.15) is 11.5 Å². The molecule has 0 bridgehead atoms. The summed E-state index contributed by atoms with van der Waals surface area (Å²) in [5.41, 5.74) is 0.679. The van der Waals surface area contributed by atoms with Gasteiger partial charge in [0.15, 0.2) is 0 Å². The SMILES string of the molecule is CCCCOc1ccc(OC)cc1NC(=O)CC1CCCN1.Cl. The molecule has 1 aliphatic heterocycles. The van der Waals surface area contributed by atoms with E-state index in [1.807, 2.05) is 12.1 Å². The van der Waals surface area contributed by atoms with Crippen molar-refractivity contribution in [2.24, 2.45) is 0 Å². The standard InChI is InChI=1S/C17H26N2O3.ClH/c1-3-4-10-22-16-8-7-14(21-2)12-15(16)19-17(20)11-13-6-5-9-18-13;/h7-8,12-13,18H,3-6,9-11H2,1-2H3,(H,19,20);1H. The number of amides is 1. The highest BCUT2D eigenvalue weighted by Gasteiger charge is 2.18. The van der Waals surface area contributed by atoms with Gasteiger partial charge >= 0.3 is 0 Å². The molecule has 1 unspecified atom stereocenters. The van der Waals surface area contributed by atoms with Crippen LogP contribution in [0.25, 0.3) is 0 Å². The van der Waals surface area contributed by atoms with Crippen LogP contribution >= 0.6 is 12.4 Å². The highest BCUT2D eigenvalue weighted by molar-refractivity contribution is 5.93. The zero-order chi connectivity index (χ0) is 15.8. The molecule has 2 N–H and O–H groups in total. The average molecular weight is 343 g/mol. The summed E-state index contributed by atoms with van der Waals surface area (Å²) in [7, 11) is 1.61. The predicted molar refractivity (Wildman–Crippen MR) is 94.9 cm³/mol. The monoisotopic (exact) mass is 342 g/mol. The van der Waals surface area contributed by atoms with Crippen LogP contribution in [0.15, 0.2) is 18.2 Å². The van der Waals surface area contributed by atoms with E-state index in [4.69, 9.17) is 9.47 Å². The minimum Gasteiger partial charge on any atom is -0.497 e. The molecule has 1 heterocycles. The van der Waals surface area contributed by atoms with Crippen LogP contribution in [0.5, 0.6) is 11.5 Å². The number of hydrogen-bond acceptors (Lipinski definition) is 4. The molecule has 1 aromatic rings. The molecule has 0 saturated carbocycles. The number of anilines is 1. The number of carbonyl (C=O) groups is 1. The number of ether oxygens (including phenoxy) is 2. The van der Waals surface area contributed by atoms with Gasteiger partial charge in [-0.05, 0) is 37.9 Å². The molecule has 6 heteroatoms. The molecule has 23 heavy (non-hydrogen) atoms. The van der Waals surface area contributed by atoms with Gasteiger partial charge in [-0.1, -0.05) is 13.3 Å². The fourth-order valence-corrected chi connectivity index (χ4v) is 2.54. The predicted octanol–water partition coefficient (Wildman–Crippen LogP) is 3.38. The van der Waals surface area contributed by atoms with E-state index in [0.717, 1.165) is 32.2 Å². The molecule has 1 amide bonds. The normalized spacial score (nSPS) is 16.5. The molecule has 0 aromatic heterocycles. The fourth-order valence-electron chi connectivity index (χ4n) is 2.54. The summed E-state index contributed by atoms with van der Waals surface area (Å²) < 4.78 is 11.0. The molecule has 0 radical (unpaired) electrons. The Bertz CT molecular complexity index is 491. The van der Waals surface area contributed by atoms with Crippen LogP contribution in [-0.4, -0.2) is 32.2 Å². The van der Waals surface area contributed by atoms with Gasteiger partial charge in [-0.3, -0.25) is 4.79 Å². The van der Waals surface area contributed by atoms with Crippen molar-refractivity contribution in [3.8, 4) is 11.5 Å².